The molecule has 0 aliphatic heterocycles. The van der Waals surface area contributed by atoms with Crippen molar-refractivity contribution in [2.45, 2.75) is 59.8 Å². The first-order valence-electron chi connectivity index (χ1n) is 5.90. The van der Waals surface area contributed by atoms with Crippen LogP contribution in [0.3, 0.4) is 0 Å². The molecule has 0 amide bonds. The van der Waals surface area contributed by atoms with E-state index in [0.717, 1.165) is 11.8 Å². The predicted octanol–water partition coefficient (Wildman–Crippen LogP) is 4.45. The van der Waals surface area contributed by atoms with Crippen LogP contribution in [-0.2, 0) is 0 Å². The van der Waals surface area contributed by atoms with Crippen LogP contribution >= 0.6 is 0 Å². The summed E-state index contributed by atoms with van der Waals surface area (Å²) in [7, 11) is 0. The van der Waals surface area contributed by atoms with Crippen molar-refractivity contribution in [1.82, 2.24) is 0 Å². The van der Waals surface area contributed by atoms with E-state index < -0.39 is 0 Å². The predicted molar refractivity (Wildman–Crippen MR) is 59.5 cm³/mol. The fourth-order valence-electron chi connectivity index (χ4n) is 2.70. The highest BCUT2D eigenvalue weighted by Crippen LogP contribution is 2.42. The van der Waals surface area contributed by atoms with E-state index in [0.29, 0.717) is 5.41 Å². The van der Waals surface area contributed by atoms with Crippen LogP contribution in [0.4, 0.5) is 0 Å². The van der Waals surface area contributed by atoms with E-state index in [1.165, 1.54) is 32.1 Å². The minimum Gasteiger partial charge on any atom is -0.0625 e. The van der Waals surface area contributed by atoms with Crippen molar-refractivity contribution in [1.29, 1.82) is 0 Å². The number of rotatable bonds is 3. The lowest BCUT2D eigenvalue weighted by molar-refractivity contribution is 0.164. The Morgan fingerprint density at radius 3 is 2.15 bits per heavy atom. The second kappa shape index (κ2) is 4.39. The van der Waals surface area contributed by atoms with Crippen molar-refractivity contribution < 1.29 is 0 Å². The molecule has 1 aliphatic carbocycles. The fourth-order valence-corrected chi connectivity index (χ4v) is 2.70. The molecule has 0 atom stereocenters. The molecule has 1 aliphatic rings. The van der Waals surface area contributed by atoms with Gasteiger partial charge in [0.2, 0.25) is 0 Å². The first-order chi connectivity index (χ1) is 6.06. The Bertz CT molecular complexity index is 138. The number of hydrogen-bond acceptors (Lipinski definition) is 0. The maximum Gasteiger partial charge on any atom is 0.105 e. The molecule has 0 unspecified atom stereocenters. The van der Waals surface area contributed by atoms with Gasteiger partial charge < -0.3 is 0 Å². The van der Waals surface area contributed by atoms with E-state index >= 15 is 0 Å². The Labute approximate surface area is 84.1 Å². The molecular formula is C13H25+. The van der Waals surface area contributed by atoms with Crippen molar-refractivity contribution >= 4 is 0 Å². The molecule has 0 aromatic rings. The van der Waals surface area contributed by atoms with Crippen LogP contribution in [0.25, 0.3) is 0 Å². The number of hydrogen-bond donors (Lipinski definition) is 0. The molecule has 0 radical (unpaired) electrons. The summed E-state index contributed by atoms with van der Waals surface area (Å²) in [6.07, 6.45) is 9.53. The molecule has 1 fully saturated rings. The van der Waals surface area contributed by atoms with Crippen LogP contribution in [-0.4, -0.2) is 0 Å². The van der Waals surface area contributed by atoms with E-state index in [1.807, 2.05) is 0 Å². The van der Waals surface area contributed by atoms with Gasteiger partial charge in [-0.05, 0) is 39.5 Å². The van der Waals surface area contributed by atoms with Crippen LogP contribution in [0.2, 0.25) is 0 Å². The van der Waals surface area contributed by atoms with Gasteiger partial charge in [-0.1, -0.05) is 19.8 Å². The summed E-state index contributed by atoms with van der Waals surface area (Å²) in [6.45, 7) is 9.48. The van der Waals surface area contributed by atoms with Gasteiger partial charge in [0.05, 0.1) is 12.8 Å². The summed E-state index contributed by atoms with van der Waals surface area (Å²) in [5.74, 6) is 1.93. The van der Waals surface area contributed by atoms with Crippen LogP contribution < -0.4 is 0 Å². The monoisotopic (exact) mass is 181 g/mol. The molecular weight excluding hydrogens is 156 g/mol. The molecule has 13 heavy (non-hydrogen) atoms. The molecule has 0 N–H and O–H groups in total. The summed E-state index contributed by atoms with van der Waals surface area (Å²) in [6, 6.07) is 0. The normalized spacial score (nSPS) is 30.2. The standard InChI is InChI=1S/C13H25/c1-5-10-13(3,4)12-8-6-11(2)7-9-12/h10-12H,5-9H2,1-4H3/q+1. The highest BCUT2D eigenvalue weighted by Gasteiger charge is 2.37. The smallest absolute Gasteiger partial charge is 0.0625 e. The largest absolute Gasteiger partial charge is 0.105 e. The third-order valence-electron chi connectivity index (χ3n) is 3.80. The second-order valence-electron chi connectivity index (χ2n) is 5.39. The Morgan fingerprint density at radius 2 is 1.69 bits per heavy atom. The minimum atomic E-state index is 0.481. The Morgan fingerprint density at radius 1 is 1.15 bits per heavy atom. The van der Waals surface area contributed by atoms with E-state index in [-0.39, 0.29) is 0 Å². The zero-order valence-corrected chi connectivity index (χ0v) is 9.77. The summed E-state index contributed by atoms with van der Waals surface area (Å²) >= 11 is 0. The molecule has 0 heterocycles. The molecule has 0 aromatic heterocycles. The highest BCUT2D eigenvalue weighted by atomic mass is 14.4. The molecule has 0 nitrogen and oxygen atoms in total. The Balaban J connectivity index is 2.42. The van der Waals surface area contributed by atoms with Gasteiger partial charge in [0.1, 0.15) is 5.41 Å². The van der Waals surface area contributed by atoms with Gasteiger partial charge in [0, 0.05) is 5.92 Å². The molecule has 0 bridgehead atoms. The van der Waals surface area contributed by atoms with Gasteiger partial charge in [0.15, 0.2) is 0 Å². The van der Waals surface area contributed by atoms with Gasteiger partial charge in [-0.3, -0.25) is 0 Å². The van der Waals surface area contributed by atoms with Gasteiger partial charge in [-0.2, -0.15) is 0 Å². The van der Waals surface area contributed by atoms with Crippen LogP contribution in [0.1, 0.15) is 59.8 Å². The molecule has 0 saturated heterocycles. The molecule has 76 valence electrons. The SMILES string of the molecule is CC[CH+]C(C)(C)C1CCC(C)CC1. The van der Waals surface area contributed by atoms with Gasteiger partial charge in [0.25, 0.3) is 0 Å². The maximum absolute atomic E-state index is 2.51. The van der Waals surface area contributed by atoms with Crippen LogP contribution in [0.15, 0.2) is 0 Å². The van der Waals surface area contributed by atoms with Gasteiger partial charge >= 0.3 is 0 Å². The summed E-state index contributed by atoms with van der Waals surface area (Å²) in [5.41, 5.74) is 0.481. The van der Waals surface area contributed by atoms with Crippen molar-refractivity contribution in [3.05, 3.63) is 6.42 Å². The Hall–Kier alpha value is -0.130. The van der Waals surface area contributed by atoms with Gasteiger partial charge in [-0.25, -0.2) is 0 Å². The average Bonchev–Trinajstić information content (AvgIpc) is 2.05. The summed E-state index contributed by atoms with van der Waals surface area (Å²) < 4.78 is 0. The lowest BCUT2D eigenvalue weighted by atomic mass is 9.67. The zero-order chi connectivity index (χ0) is 9.90. The topological polar surface area (TPSA) is 0 Å². The molecule has 1 rings (SSSR count). The zero-order valence-electron chi connectivity index (χ0n) is 9.77. The quantitative estimate of drug-likeness (QED) is 0.564. The minimum absolute atomic E-state index is 0.481. The first-order valence-corrected chi connectivity index (χ1v) is 5.90. The lowest BCUT2D eigenvalue weighted by Crippen LogP contribution is -2.28. The van der Waals surface area contributed by atoms with Gasteiger partial charge in [-0.15, -0.1) is 0 Å². The van der Waals surface area contributed by atoms with Crippen LogP contribution in [0.5, 0.6) is 0 Å². The highest BCUT2D eigenvalue weighted by molar-refractivity contribution is 4.91. The van der Waals surface area contributed by atoms with Crippen molar-refractivity contribution in [2.24, 2.45) is 17.3 Å². The average molecular weight is 181 g/mol. The fraction of sp³-hybridized carbons (Fsp3) is 0.923. The van der Waals surface area contributed by atoms with Crippen molar-refractivity contribution in [2.75, 3.05) is 0 Å². The lowest BCUT2D eigenvalue weighted by Gasteiger charge is -2.33. The third kappa shape index (κ3) is 2.93. The first kappa shape index (κ1) is 10.9. The summed E-state index contributed by atoms with van der Waals surface area (Å²) in [5, 5.41) is 0. The van der Waals surface area contributed by atoms with E-state index in [9.17, 15) is 0 Å². The molecule has 0 spiro atoms. The molecule has 0 heteroatoms. The summed E-state index contributed by atoms with van der Waals surface area (Å²) in [4.78, 5) is 0. The maximum atomic E-state index is 2.51. The van der Waals surface area contributed by atoms with Crippen LogP contribution in [0, 0.1) is 23.7 Å². The molecule has 0 aromatic carbocycles. The Kier molecular flexibility index (Phi) is 3.70. The van der Waals surface area contributed by atoms with Crippen molar-refractivity contribution in [3.8, 4) is 0 Å². The van der Waals surface area contributed by atoms with Crippen molar-refractivity contribution in [3.63, 3.8) is 0 Å². The van der Waals surface area contributed by atoms with E-state index in [4.69, 9.17) is 0 Å². The second-order valence-corrected chi connectivity index (χ2v) is 5.39. The van der Waals surface area contributed by atoms with E-state index in [2.05, 4.69) is 34.1 Å². The third-order valence-corrected chi connectivity index (χ3v) is 3.80. The molecule has 1 saturated carbocycles. The van der Waals surface area contributed by atoms with E-state index in [1.54, 1.807) is 0 Å².